The lowest BCUT2D eigenvalue weighted by molar-refractivity contribution is -0.111. The second-order valence-corrected chi connectivity index (χ2v) is 11.3. The number of para-hydroxylation sites is 2. The average molecular weight is 597 g/mol. The molecular formula is C38H24N6O2. The van der Waals surface area contributed by atoms with Crippen LogP contribution in [-0.2, 0) is 9.59 Å². The Balaban J connectivity index is 1.05. The van der Waals surface area contributed by atoms with Crippen LogP contribution in [0.1, 0.15) is 33.4 Å². The minimum atomic E-state index is -0.137. The van der Waals surface area contributed by atoms with Gasteiger partial charge in [0.25, 0.3) is 11.8 Å². The van der Waals surface area contributed by atoms with Gasteiger partial charge < -0.3 is 21.3 Å². The highest BCUT2D eigenvalue weighted by molar-refractivity contribution is 6.40. The molecule has 46 heavy (non-hydrogen) atoms. The maximum Gasteiger partial charge on any atom is 0.258 e. The monoisotopic (exact) mass is 596 g/mol. The molecule has 8 heteroatoms. The van der Waals surface area contributed by atoms with E-state index in [1.54, 1.807) is 0 Å². The molecule has 0 radical (unpaired) electrons. The average Bonchev–Trinajstić information content (AvgIpc) is 3.81. The number of aliphatic imine (C=N–C) groups is 2. The number of hydrogen-bond donors (Lipinski definition) is 4. The zero-order valence-corrected chi connectivity index (χ0v) is 24.3. The van der Waals surface area contributed by atoms with Crippen molar-refractivity contribution in [2.45, 2.75) is 0 Å². The van der Waals surface area contributed by atoms with Gasteiger partial charge in [0, 0.05) is 44.8 Å². The number of fused-ring (bicyclic) bond motifs is 4. The molecule has 5 aromatic carbocycles. The van der Waals surface area contributed by atoms with Crippen LogP contribution >= 0.6 is 0 Å². The first-order chi connectivity index (χ1) is 22.6. The van der Waals surface area contributed by atoms with E-state index in [2.05, 4.69) is 21.3 Å². The van der Waals surface area contributed by atoms with E-state index in [-0.39, 0.29) is 11.8 Å². The van der Waals surface area contributed by atoms with Crippen LogP contribution < -0.4 is 21.3 Å². The minimum Gasteiger partial charge on any atom is -0.339 e. The van der Waals surface area contributed by atoms with Gasteiger partial charge in [-0.25, -0.2) is 9.98 Å². The SMILES string of the molecule is O=C1Nc2ccccc2/C1=C1\NC(=Nc2ccc(N=C3N/C(=C4/C(=O)Nc5ccccc54)c4ccccc43)cc2)c2ccccc21. The Morgan fingerprint density at radius 2 is 0.717 bits per heavy atom. The Kier molecular flexibility index (Phi) is 5.63. The molecule has 0 fully saturated rings. The summed E-state index contributed by atoms with van der Waals surface area (Å²) >= 11 is 0. The van der Waals surface area contributed by atoms with E-state index < -0.39 is 0 Å². The molecule has 4 aliphatic rings. The Morgan fingerprint density at radius 1 is 0.370 bits per heavy atom. The summed E-state index contributed by atoms with van der Waals surface area (Å²) in [6, 6.07) is 39.0. The first-order valence-corrected chi connectivity index (χ1v) is 14.9. The molecule has 0 bridgehead atoms. The smallest absolute Gasteiger partial charge is 0.258 e. The number of anilines is 2. The number of nitrogens with one attached hydrogen (secondary N) is 4. The zero-order valence-electron chi connectivity index (χ0n) is 24.3. The summed E-state index contributed by atoms with van der Waals surface area (Å²) in [6.45, 7) is 0. The first-order valence-electron chi connectivity index (χ1n) is 14.9. The summed E-state index contributed by atoms with van der Waals surface area (Å²) in [5.74, 6) is 1.07. The number of nitrogens with zero attached hydrogens (tertiary/aromatic N) is 2. The van der Waals surface area contributed by atoms with Crippen molar-refractivity contribution in [2.24, 2.45) is 9.98 Å². The van der Waals surface area contributed by atoms with Gasteiger partial charge in [-0.1, -0.05) is 84.9 Å². The van der Waals surface area contributed by atoms with E-state index in [4.69, 9.17) is 9.98 Å². The predicted molar refractivity (Wildman–Crippen MR) is 182 cm³/mol. The van der Waals surface area contributed by atoms with Crippen LogP contribution in [0.5, 0.6) is 0 Å². The van der Waals surface area contributed by atoms with Crippen molar-refractivity contribution in [2.75, 3.05) is 10.6 Å². The maximum absolute atomic E-state index is 13.0. The standard InChI is InChI=1S/C38H24N6O2/c45-37-31(27-13-5-7-15-29(27)41-37)33-23-9-1-3-11-25(23)35(43-33)39-21-17-19-22(20-18-21)40-36-26-12-4-2-10-24(26)34(44-36)32-28-14-6-8-16-30(28)42-38(32)46/h1-20H,(H,39,43)(H,40,44)(H,41,45)(H,42,46)/b33-31+,34-32+. The van der Waals surface area contributed by atoms with Crippen molar-refractivity contribution in [1.29, 1.82) is 0 Å². The predicted octanol–water partition coefficient (Wildman–Crippen LogP) is 6.69. The summed E-state index contributed by atoms with van der Waals surface area (Å²) in [4.78, 5) is 35.9. The molecular weight excluding hydrogens is 572 g/mol. The highest BCUT2D eigenvalue weighted by atomic mass is 16.2. The topological polar surface area (TPSA) is 107 Å². The second kappa shape index (κ2) is 10.0. The maximum atomic E-state index is 13.0. The number of benzene rings is 5. The number of amides is 2. The van der Waals surface area contributed by atoms with E-state index >= 15 is 0 Å². The van der Waals surface area contributed by atoms with Crippen molar-refractivity contribution < 1.29 is 9.59 Å². The van der Waals surface area contributed by atoms with Crippen molar-refractivity contribution in [3.8, 4) is 0 Å². The molecule has 0 unspecified atom stereocenters. The van der Waals surface area contributed by atoms with E-state index in [1.807, 2.05) is 121 Å². The van der Waals surface area contributed by atoms with Crippen LogP contribution in [0, 0.1) is 0 Å². The number of carbonyl (C=O) groups excluding carboxylic acids is 2. The summed E-state index contributed by atoms with van der Waals surface area (Å²) in [5, 5.41) is 12.8. The van der Waals surface area contributed by atoms with Gasteiger partial charge in [-0.15, -0.1) is 0 Å². The molecule has 8 nitrogen and oxygen atoms in total. The second-order valence-electron chi connectivity index (χ2n) is 11.3. The molecule has 0 saturated carbocycles. The highest BCUT2D eigenvalue weighted by Crippen LogP contribution is 2.41. The van der Waals surface area contributed by atoms with Gasteiger partial charge in [-0.3, -0.25) is 9.59 Å². The molecule has 0 aromatic heterocycles. The summed E-state index contributed by atoms with van der Waals surface area (Å²) in [6.07, 6.45) is 0. The lowest BCUT2D eigenvalue weighted by atomic mass is 10.00. The third-order valence-corrected chi connectivity index (χ3v) is 8.56. The van der Waals surface area contributed by atoms with Crippen LogP contribution in [0.25, 0.3) is 22.5 Å². The molecule has 4 N–H and O–H groups in total. The van der Waals surface area contributed by atoms with Crippen molar-refractivity contribution in [3.63, 3.8) is 0 Å². The summed E-state index contributed by atoms with van der Waals surface area (Å²) in [7, 11) is 0. The summed E-state index contributed by atoms with van der Waals surface area (Å²) < 4.78 is 0. The fourth-order valence-corrected chi connectivity index (χ4v) is 6.48. The van der Waals surface area contributed by atoms with Crippen molar-refractivity contribution in [3.05, 3.63) is 155 Å². The van der Waals surface area contributed by atoms with Crippen LogP contribution in [0.4, 0.5) is 22.7 Å². The number of rotatable bonds is 2. The highest BCUT2D eigenvalue weighted by Gasteiger charge is 2.34. The van der Waals surface area contributed by atoms with E-state index in [1.165, 1.54) is 0 Å². The van der Waals surface area contributed by atoms with Gasteiger partial charge in [0.2, 0.25) is 0 Å². The summed E-state index contributed by atoms with van der Waals surface area (Å²) in [5.41, 5.74) is 11.2. The van der Waals surface area contributed by atoms with Gasteiger partial charge in [0.05, 0.1) is 33.9 Å². The minimum absolute atomic E-state index is 0.137. The Bertz CT molecular complexity index is 2130. The largest absolute Gasteiger partial charge is 0.339 e. The molecule has 2 amide bonds. The quantitative estimate of drug-likeness (QED) is 0.170. The van der Waals surface area contributed by atoms with Crippen molar-refractivity contribution >= 4 is 68.8 Å². The lowest BCUT2D eigenvalue weighted by Crippen LogP contribution is -2.17. The normalized spacial score (nSPS) is 20.5. The number of hydrogen-bond acceptors (Lipinski definition) is 4. The van der Waals surface area contributed by atoms with Gasteiger partial charge in [-0.2, -0.15) is 0 Å². The lowest BCUT2D eigenvalue weighted by Gasteiger charge is -2.06. The molecule has 9 rings (SSSR count). The Morgan fingerprint density at radius 3 is 1.13 bits per heavy atom. The van der Waals surface area contributed by atoms with Gasteiger partial charge >= 0.3 is 0 Å². The molecule has 5 aromatic rings. The molecule has 0 atom stereocenters. The third kappa shape index (κ3) is 4.01. The van der Waals surface area contributed by atoms with E-state index in [9.17, 15) is 9.59 Å². The van der Waals surface area contributed by atoms with E-state index in [0.717, 1.165) is 67.5 Å². The molecule has 4 aliphatic heterocycles. The van der Waals surface area contributed by atoms with Crippen LogP contribution in [0.3, 0.4) is 0 Å². The van der Waals surface area contributed by atoms with Gasteiger partial charge in [-0.05, 0) is 36.4 Å². The van der Waals surface area contributed by atoms with Crippen LogP contribution in [0.15, 0.2) is 131 Å². The Labute approximate surface area is 263 Å². The van der Waals surface area contributed by atoms with Crippen LogP contribution in [-0.4, -0.2) is 23.5 Å². The first kappa shape index (κ1) is 25.9. The van der Waals surface area contributed by atoms with Gasteiger partial charge in [0.1, 0.15) is 11.7 Å². The fraction of sp³-hybridized carbons (Fsp3) is 0. The Hall–Kier alpha value is -6.54. The number of carbonyl (C=O) groups is 2. The van der Waals surface area contributed by atoms with Gasteiger partial charge in [0.15, 0.2) is 0 Å². The van der Waals surface area contributed by atoms with Crippen LogP contribution in [0.2, 0.25) is 0 Å². The molecule has 0 aliphatic carbocycles. The number of amidine groups is 2. The molecule has 0 saturated heterocycles. The van der Waals surface area contributed by atoms with Crippen molar-refractivity contribution in [1.82, 2.24) is 10.6 Å². The van der Waals surface area contributed by atoms with E-state index in [0.29, 0.717) is 22.8 Å². The molecule has 0 spiro atoms. The molecule has 218 valence electrons. The third-order valence-electron chi connectivity index (χ3n) is 8.56. The molecule has 4 heterocycles. The zero-order chi connectivity index (χ0) is 30.8. The fourth-order valence-electron chi connectivity index (χ4n) is 6.48.